The van der Waals surface area contributed by atoms with Crippen LogP contribution in [0.3, 0.4) is 0 Å². The Morgan fingerprint density at radius 2 is 2.24 bits per heavy atom. The summed E-state index contributed by atoms with van der Waals surface area (Å²) in [7, 11) is 0. The molecule has 0 aromatic carbocycles. The molecule has 3 unspecified atom stereocenters. The van der Waals surface area contributed by atoms with Crippen LogP contribution in [0.4, 0.5) is 8.78 Å². The van der Waals surface area contributed by atoms with E-state index >= 15 is 0 Å². The molecular weight excluding hydrogens is 346 g/mol. The average Bonchev–Trinajstić information content (AvgIpc) is 2.54. The normalized spacial score (nSPS) is 20.5. The fourth-order valence-electron chi connectivity index (χ4n) is 1.90. The number of amides is 1. The Balaban J connectivity index is 2.42. The van der Waals surface area contributed by atoms with Gasteiger partial charge in [0.25, 0.3) is 0 Å². The van der Waals surface area contributed by atoms with Gasteiger partial charge in [-0.3, -0.25) is 4.79 Å². The van der Waals surface area contributed by atoms with E-state index in [1.807, 2.05) is 26.8 Å². The van der Waals surface area contributed by atoms with E-state index in [0.29, 0.717) is 12.1 Å². The van der Waals surface area contributed by atoms with Crippen molar-refractivity contribution in [3.8, 4) is 0 Å². The molecule has 1 aliphatic carbocycles. The van der Waals surface area contributed by atoms with Gasteiger partial charge in [0.15, 0.2) is 0 Å². The van der Waals surface area contributed by atoms with Gasteiger partial charge in [-0.2, -0.15) is 0 Å². The topological polar surface area (TPSA) is 64.2 Å². The van der Waals surface area contributed by atoms with E-state index in [0.717, 1.165) is 12.2 Å². The molecule has 0 saturated carbocycles. The fraction of sp³-hybridized carbons (Fsp3) is 0.500. The van der Waals surface area contributed by atoms with Gasteiger partial charge in [-0.05, 0) is 39.3 Å². The monoisotopic (exact) mass is 372 g/mol. The maximum absolute atomic E-state index is 13.4. The molecular formula is C18H26F2N2O2S. The van der Waals surface area contributed by atoms with E-state index < -0.39 is 23.4 Å². The van der Waals surface area contributed by atoms with Crippen LogP contribution in [0.1, 0.15) is 33.6 Å². The van der Waals surface area contributed by atoms with Gasteiger partial charge in [0, 0.05) is 13.0 Å². The molecule has 2 N–H and O–H groups in total. The minimum Gasteiger partial charge on any atom is -0.593 e. The number of alkyl halides is 1. The first-order valence-electron chi connectivity index (χ1n) is 8.09. The second-order valence-corrected chi connectivity index (χ2v) is 8.66. The van der Waals surface area contributed by atoms with Crippen molar-refractivity contribution in [2.45, 2.75) is 44.5 Å². The van der Waals surface area contributed by atoms with Crippen molar-refractivity contribution in [2.75, 3.05) is 6.54 Å². The summed E-state index contributed by atoms with van der Waals surface area (Å²) >= 11 is -1.23. The maximum Gasteiger partial charge on any atom is 0.227 e. The van der Waals surface area contributed by atoms with Crippen LogP contribution in [0.25, 0.3) is 0 Å². The first-order chi connectivity index (χ1) is 11.6. The van der Waals surface area contributed by atoms with Gasteiger partial charge in [0.2, 0.25) is 5.91 Å². The molecule has 0 radical (unpaired) electrons. The molecule has 1 amide bonds. The van der Waals surface area contributed by atoms with Crippen LogP contribution in [-0.2, 0) is 16.2 Å². The van der Waals surface area contributed by atoms with Crippen molar-refractivity contribution in [1.82, 2.24) is 10.0 Å². The molecule has 0 aromatic rings. The minimum atomic E-state index is -1.43. The highest BCUT2D eigenvalue weighted by atomic mass is 32.2. The third-order valence-corrected chi connectivity index (χ3v) is 4.98. The lowest BCUT2D eigenvalue weighted by atomic mass is 9.99. The lowest BCUT2D eigenvalue weighted by Crippen LogP contribution is -2.39. The minimum absolute atomic E-state index is 0.00172. The first-order valence-corrected chi connectivity index (χ1v) is 9.24. The molecule has 0 aliphatic heterocycles. The third-order valence-electron chi connectivity index (χ3n) is 3.45. The fourth-order valence-corrected chi connectivity index (χ4v) is 2.57. The van der Waals surface area contributed by atoms with Gasteiger partial charge in [0.1, 0.15) is 16.7 Å². The molecule has 0 spiro atoms. The number of hydrogen-bond acceptors (Lipinski definition) is 3. The Kier molecular flexibility index (Phi) is 8.38. The summed E-state index contributed by atoms with van der Waals surface area (Å²) in [6.07, 6.45) is 6.08. The molecule has 0 aromatic heterocycles. The first kappa shape index (κ1) is 21.4. The molecule has 0 bridgehead atoms. The van der Waals surface area contributed by atoms with Crippen LogP contribution >= 0.6 is 0 Å². The smallest absolute Gasteiger partial charge is 0.227 e. The number of allylic oxidation sites excluding steroid dienone is 4. The number of halogens is 2. The summed E-state index contributed by atoms with van der Waals surface area (Å²) in [5, 5.41) is 2.59. The van der Waals surface area contributed by atoms with E-state index in [1.165, 1.54) is 0 Å². The van der Waals surface area contributed by atoms with Crippen molar-refractivity contribution < 1.29 is 18.1 Å². The van der Waals surface area contributed by atoms with Crippen LogP contribution in [0.15, 0.2) is 48.5 Å². The number of rotatable bonds is 8. The summed E-state index contributed by atoms with van der Waals surface area (Å²) in [5.41, 5.74) is 0.710. The SMILES string of the molecule is C=CC(F)C/C(F)=C\CNC(=O)C1C=CC(N[S+]([O-])C(C)(C)C)=CC1. The zero-order valence-electron chi connectivity index (χ0n) is 14.9. The van der Waals surface area contributed by atoms with Crippen molar-refractivity contribution in [3.05, 3.63) is 48.5 Å². The predicted octanol–water partition coefficient (Wildman–Crippen LogP) is 3.38. The standard InChI is InChI=1S/C18H26F2N2O2S/c1-5-14(19)12-15(20)10-11-21-17(23)13-6-8-16(9-7-13)22-25(24)18(2,3)4/h5-6,8-10,13-14,22H,1,7,11-12H2,2-4H3,(H,21,23)/b15-10+. The quantitative estimate of drug-likeness (QED) is 0.507. The van der Waals surface area contributed by atoms with Gasteiger partial charge < -0.3 is 9.87 Å². The van der Waals surface area contributed by atoms with E-state index in [1.54, 1.807) is 12.2 Å². The third kappa shape index (κ3) is 7.88. The van der Waals surface area contributed by atoms with E-state index in [-0.39, 0.29) is 29.5 Å². The van der Waals surface area contributed by atoms with Gasteiger partial charge in [0.05, 0.1) is 23.0 Å². The average molecular weight is 372 g/mol. The van der Waals surface area contributed by atoms with E-state index in [4.69, 9.17) is 0 Å². The molecule has 140 valence electrons. The largest absolute Gasteiger partial charge is 0.593 e. The molecule has 4 nitrogen and oxygen atoms in total. The zero-order chi connectivity index (χ0) is 19.0. The van der Waals surface area contributed by atoms with Gasteiger partial charge in [-0.25, -0.2) is 13.5 Å². The Morgan fingerprint density at radius 3 is 2.76 bits per heavy atom. The lowest BCUT2D eigenvalue weighted by Gasteiger charge is -2.25. The second-order valence-electron chi connectivity index (χ2n) is 6.70. The number of carbonyl (C=O) groups excluding carboxylic acids is 1. The Morgan fingerprint density at radius 1 is 1.56 bits per heavy atom. The second kappa shape index (κ2) is 9.77. The van der Waals surface area contributed by atoms with Crippen LogP contribution in [-0.4, -0.2) is 27.9 Å². The highest BCUT2D eigenvalue weighted by molar-refractivity contribution is 7.90. The maximum atomic E-state index is 13.4. The molecule has 1 rings (SSSR count). The van der Waals surface area contributed by atoms with Crippen LogP contribution in [0.5, 0.6) is 0 Å². The molecule has 0 heterocycles. The van der Waals surface area contributed by atoms with Crippen molar-refractivity contribution in [2.24, 2.45) is 5.92 Å². The van der Waals surface area contributed by atoms with Gasteiger partial charge in [-0.15, -0.1) is 6.58 Å². The van der Waals surface area contributed by atoms with Crippen molar-refractivity contribution in [1.29, 1.82) is 0 Å². The summed E-state index contributed by atoms with van der Waals surface area (Å²) in [4.78, 5) is 12.0. The Bertz CT molecular complexity index is 568. The number of carbonyl (C=O) groups is 1. The van der Waals surface area contributed by atoms with Gasteiger partial charge >= 0.3 is 0 Å². The predicted molar refractivity (Wildman–Crippen MR) is 98.3 cm³/mol. The Labute approximate surface area is 151 Å². The van der Waals surface area contributed by atoms with Crippen LogP contribution in [0, 0.1) is 5.92 Å². The van der Waals surface area contributed by atoms with E-state index in [9.17, 15) is 18.1 Å². The summed E-state index contributed by atoms with van der Waals surface area (Å²) in [6.45, 7) is 8.85. The molecule has 1 aliphatic rings. The zero-order valence-corrected chi connectivity index (χ0v) is 15.7. The van der Waals surface area contributed by atoms with Crippen molar-refractivity contribution >= 4 is 17.3 Å². The molecule has 7 heteroatoms. The number of hydrogen-bond donors (Lipinski definition) is 2. The highest BCUT2D eigenvalue weighted by Gasteiger charge is 2.27. The Hall–Kier alpha value is -1.60. The summed E-state index contributed by atoms with van der Waals surface area (Å²) in [5.74, 6) is -1.23. The summed E-state index contributed by atoms with van der Waals surface area (Å²) < 4.78 is 40.8. The molecule has 25 heavy (non-hydrogen) atoms. The van der Waals surface area contributed by atoms with Crippen LogP contribution in [0.2, 0.25) is 0 Å². The van der Waals surface area contributed by atoms with Crippen molar-refractivity contribution in [3.63, 3.8) is 0 Å². The molecule has 3 atom stereocenters. The van der Waals surface area contributed by atoms with Gasteiger partial charge in [-0.1, -0.05) is 18.2 Å². The number of nitrogens with one attached hydrogen (secondary N) is 2. The molecule has 0 saturated heterocycles. The molecule has 0 fully saturated rings. The highest BCUT2D eigenvalue weighted by Crippen LogP contribution is 2.19. The van der Waals surface area contributed by atoms with E-state index in [2.05, 4.69) is 16.6 Å². The lowest BCUT2D eigenvalue weighted by molar-refractivity contribution is -0.123. The van der Waals surface area contributed by atoms with Crippen LogP contribution < -0.4 is 10.0 Å². The summed E-state index contributed by atoms with van der Waals surface area (Å²) in [6, 6.07) is 0.